The van der Waals surface area contributed by atoms with Crippen LogP contribution in [0.3, 0.4) is 0 Å². The van der Waals surface area contributed by atoms with Crippen LogP contribution in [0, 0.1) is 11.8 Å². The number of piperidine rings is 1. The van der Waals surface area contributed by atoms with Gasteiger partial charge in [-0.05, 0) is 30.4 Å². The molecule has 0 spiro atoms. The molecule has 5 nitrogen and oxygen atoms in total. The Bertz CT molecular complexity index is 491. The van der Waals surface area contributed by atoms with E-state index in [0.29, 0.717) is 24.9 Å². The van der Waals surface area contributed by atoms with Crippen LogP contribution < -0.4 is 0 Å². The number of likely N-dealkylation sites (tertiary alicyclic amines) is 1. The molecular formula is C14H18N2O3. The number of hydrogen-bond donors (Lipinski definition) is 1. The zero-order valence-corrected chi connectivity index (χ0v) is 11.2. The van der Waals surface area contributed by atoms with Gasteiger partial charge < -0.3 is 10.0 Å². The van der Waals surface area contributed by atoms with Crippen LogP contribution >= 0.6 is 0 Å². The Morgan fingerprint density at radius 3 is 2.53 bits per heavy atom. The molecule has 2 unspecified atom stereocenters. The standard InChI is InChI=1S/C14H18N2O3/c1-9-6-10(2)8-16(7-9)13(17)12-11(14(18)19)4-3-5-15-12/h3-5,9-10H,6-8H2,1-2H3,(H,18,19). The minimum absolute atomic E-state index is 0.0293. The van der Waals surface area contributed by atoms with E-state index in [1.54, 1.807) is 4.90 Å². The fourth-order valence-corrected chi connectivity index (χ4v) is 2.73. The van der Waals surface area contributed by atoms with E-state index in [4.69, 9.17) is 5.11 Å². The molecule has 102 valence electrons. The van der Waals surface area contributed by atoms with E-state index < -0.39 is 5.97 Å². The summed E-state index contributed by atoms with van der Waals surface area (Å²) >= 11 is 0. The Hall–Kier alpha value is -1.91. The molecule has 19 heavy (non-hydrogen) atoms. The minimum atomic E-state index is -1.12. The molecule has 1 aliphatic rings. The molecule has 0 bridgehead atoms. The quantitative estimate of drug-likeness (QED) is 0.883. The first kappa shape index (κ1) is 13.5. The highest BCUT2D eigenvalue weighted by molar-refractivity contribution is 6.03. The summed E-state index contributed by atoms with van der Waals surface area (Å²) in [6.07, 6.45) is 2.55. The molecule has 1 aromatic rings. The lowest BCUT2D eigenvalue weighted by Crippen LogP contribution is -2.43. The molecule has 2 atom stereocenters. The normalized spacial score (nSPS) is 23.2. The van der Waals surface area contributed by atoms with Crippen LogP contribution in [0.2, 0.25) is 0 Å². The zero-order valence-electron chi connectivity index (χ0n) is 11.2. The third-order valence-electron chi connectivity index (χ3n) is 3.40. The van der Waals surface area contributed by atoms with Crippen molar-refractivity contribution in [2.75, 3.05) is 13.1 Å². The van der Waals surface area contributed by atoms with E-state index in [2.05, 4.69) is 18.8 Å². The first-order chi connectivity index (χ1) is 8.99. The Labute approximate surface area is 112 Å². The van der Waals surface area contributed by atoms with Crippen molar-refractivity contribution in [3.05, 3.63) is 29.6 Å². The Kier molecular flexibility index (Phi) is 3.83. The lowest BCUT2D eigenvalue weighted by atomic mass is 9.91. The molecule has 0 radical (unpaired) electrons. The highest BCUT2D eigenvalue weighted by Crippen LogP contribution is 2.22. The van der Waals surface area contributed by atoms with Crippen molar-refractivity contribution in [1.82, 2.24) is 9.88 Å². The summed E-state index contributed by atoms with van der Waals surface area (Å²) in [7, 11) is 0. The number of carbonyl (C=O) groups excluding carboxylic acids is 1. The molecule has 0 aliphatic carbocycles. The molecule has 2 heterocycles. The van der Waals surface area contributed by atoms with Gasteiger partial charge >= 0.3 is 5.97 Å². The molecule has 1 fully saturated rings. The van der Waals surface area contributed by atoms with Crippen LogP contribution in [0.15, 0.2) is 18.3 Å². The van der Waals surface area contributed by atoms with Crippen molar-refractivity contribution < 1.29 is 14.7 Å². The summed E-state index contributed by atoms with van der Waals surface area (Å²) in [5.74, 6) is -0.527. The predicted molar refractivity (Wildman–Crippen MR) is 70.0 cm³/mol. The van der Waals surface area contributed by atoms with Crippen molar-refractivity contribution in [2.45, 2.75) is 20.3 Å². The zero-order chi connectivity index (χ0) is 14.0. The first-order valence-electron chi connectivity index (χ1n) is 6.46. The summed E-state index contributed by atoms with van der Waals surface area (Å²) < 4.78 is 0. The van der Waals surface area contributed by atoms with Crippen LogP contribution in [-0.4, -0.2) is 40.0 Å². The fourth-order valence-electron chi connectivity index (χ4n) is 2.73. The Balaban J connectivity index is 2.27. The monoisotopic (exact) mass is 262 g/mol. The number of carbonyl (C=O) groups is 2. The summed E-state index contributed by atoms with van der Waals surface area (Å²) in [6.45, 7) is 5.54. The molecule has 0 aromatic carbocycles. The SMILES string of the molecule is CC1CC(C)CN(C(=O)c2ncccc2C(=O)O)C1. The summed E-state index contributed by atoms with van der Waals surface area (Å²) in [5.41, 5.74) is 0.00896. The average Bonchev–Trinajstić information content (AvgIpc) is 2.36. The molecule has 1 aromatic heterocycles. The number of rotatable bonds is 2. The van der Waals surface area contributed by atoms with Crippen molar-refractivity contribution in [3.63, 3.8) is 0 Å². The second kappa shape index (κ2) is 5.38. The predicted octanol–water partition coefficient (Wildman–Crippen LogP) is 1.90. The van der Waals surface area contributed by atoms with Crippen molar-refractivity contribution >= 4 is 11.9 Å². The first-order valence-corrected chi connectivity index (χ1v) is 6.46. The van der Waals surface area contributed by atoms with Gasteiger partial charge in [0.1, 0.15) is 5.69 Å². The second-order valence-corrected chi connectivity index (χ2v) is 5.36. The van der Waals surface area contributed by atoms with E-state index >= 15 is 0 Å². The highest BCUT2D eigenvalue weighted by Gasteiger charge is 2.29. The number of nitrogens with zero attached hydrogens (tertiary/aromatic N) is 2. The average molecular weight is 262 g/mol. The van der Waals surface area contributed by atoms with Gasteiger partial charge in [-0.25, -0.2) is 4.79 Å². The lowest BCUT2D eigenvalue weighted by Gasteiger charge is -2.34. The van der Waals surface area contributed by atoms with Crippen LogP contribution in [0.4, 0.5) is 0 Å². The maximum absolute atomic E-state index is 12.4. The fraction of sp³-hybridized carbons (Fsp3) is 0.500. The van der Waals surface area contributed by atoms with Gasteiger partial charge in [0, 0.05) is 19.3 Å². The molecule has 1 N–H and O–H groups in total. The van der Waals surface area contributed by atoms with E-state index in [1.165, 1.54) is 18.3 Å². The molecule has 2 rings (SSSR count). The number of aromatic carboxylic acids is 1. The van der Waals surface area contributed by atoms with Crippen LogP contribution in [0.5, 0.6) is 0 Å². The number of carboxylic acid groups (broad SMARTS) is 1. The topological polar surface area (TPSA) is 70.5 Å². The van der Waals surface area contributed by atoms with Gasteiger partial charge in [-0.15, -0.1) is 0 Å². The number of aromatic nitrogens is 1. The molecule has 5 heteroatoms. The number of amides is 1. The van der Waals surface area contributed by atoms with Gasteiger partial charge in [-0.2, -0.15) is 0 Å². The Morgan fingerprint density at radius 2 is 1.95 bits per heavy atom. The lowest BCUT2D eigenvalue weighted by molar-refractivity contribution is 0.0598. The molecule has 1 saturated heterocycles. The van der Waals surface area contributed by atoms with Gasteiger partial charge in [0.25, 0.3) is 5.91 Å². The highest BCUT2D eigenvalue weighted by atomic mass is 16.4. The van der Waals surface area contributed by atoms with E-state index in [0.717, 1.165) is 6.42 Å². The van der Waals surface area contributed by atoms with Crippen molar-refractivity contribution in [2.24, 2.45) is 11.8 Å². The van der Waals surface area contributed by atoms with Crippen LogP contribution in [-0.2, 0) is 0 Å². The van der Waals surface area contributed by atoms with E-state index in [-0.39, 0.29) is 17.2 Å². The number of pyridine rings is 1. The van der Waals surface area contributed by atoms with Gasteiger partial charge in [0.2, 0.25) is 0 Å². The maximum Gasteiger partial charge on any atom is 0.338 e. The van der Waals surface area contributed by atoms with Gasteiger partial charge in [-0.1, -0.05) is 13.8 Å². The Morgan fingerprint density at radius 1 is 1.32 bits per heavy atom. The largest absolute Gasteiger partial charge is 0.478 e. The summed E-state index contributed by atoms with van der Waals surface area (Å²) in [4.78, 5) is 29.2. The number of carboxylic acids is 1. The van der Waals surface area contributed by atoms with Crippen LogP contribution in [0.25, 0.3) is 0 Å². The summed E-state index contributed by atoms with van der Waals surface area (Å²) in [6, 6.07) is 2.95. The number of hydrogen-bond acceptors (Lipinski definition) is 3. The molecular weight excluding hydrogens is 244 g/mol. The minimum Gasteiger partial charge on any atom is -0.478 e. The van der Waals surface area contributed by atoms with Gasteiger partial charge in [0.05, 0.1) is 5.56 Å². The molecule has 1 amide bonds. The second-order valence-electron chi connectivity index (χ2n) is 5.36. The van der Waals surface area contributed by atoms with Crippen molar-refractivity contribution in [3.8, 4) is 0 Å². The molecule has 0 saturated carbocycles. The van der Waals surface area contributed by atoms with E-state index in [9.17, 15) is 9.59 Å². The molecule has 1 aliphatic heterocycles. The summed E-state index contributed by atoms with van der Waals surface area (Å²) in [5, 5.41) is 9.11. The van der Waals surface area contributed by atoms with Gasteiger partial charge in [-0.3, -0.25) is 9.78 Å². The maximum atomic E-state index is 12.4. The third kappa shape index (κ3) is 2.92. The van der Waals surface area contributed by atoms with Crippen LogP contribution in [0.1, 0.15) is 41.1 Å². The van der Waals surface area contributed by atoms with Gasteiger partial charge in [0.15, 0.2) is 0 Å². The smallest absolute Gasteiger partial charge is 0.338 e. The van der Waals surface area contributed by atoms with Crippen molar-refractivity contribution in [1.29, 1.82) is 0 Å². The third-order valence-corrected chi connectivity index (χ3v) is 3.40. The van der Waals surface area contributed by atoms with E-state index in [1.807, 2.05) is 0 Å².